The van der Waals surface area contributed by atoms with Crippen LogP contribution in [0.3, 0.4) is 0 Å². The van der Waals surface area contributed by atoms with Gasteiger partial charge in [0.15, 0.2) is 0 Å². The average molecular weight is 213 g/mol. The zero-order valence-electron chi connectivity index (χ0n) is 9.14. The SMILES string of the molecule is CC1(CNC(=O)C(=O)NN)CCCCC1. The molecule has 0 bridgehead atoms. The Hall–Kier alpha value is -1.10. The molecule has 5 nitrogen and oxygen atoms in total. The number of rotatable bonds is 2. The fourth-order valence-electron chi connectivity index (χ4n) is 2.02. The van der Waals surface area contributed by atoms with Crippen molar-refractivity contribution < 1.29 is 9.59 Å². The molecule has 0 aromatic rings. The third-order valence-corrected chi connectivity index (χ3v) is 3.07. The number of hydrogen-bond acceptors (Lipinski definition) is 3. The Morgan fingerprint density at radius 3 is 2.33 bits per heavy atom. The van der Waals surface area contributed by atoms with E-state index in [1.165, 1.54) is 19.3 Å². The van der Waals surface area contributed by atoms with Gasteiger partial charge in [-0.15, -0.1) is 0 Å². The Bertz CT molecular complexity index is 247. The summed E-state index contributed by atoms with van der Waals surface area (Å²) in [4.78, 5) is 22.0. The van der Waals surface area contributed by atoms with Gasteiger partial charge >= 0.3 is 11.8 Å². The first-order valence-corrected chi connectivity index (χ1v) is 5.36. The van der Waals surface area contributed by atoms with Gasteiger partial charge in [0.25, 0.3) is 0 Å². The van der Waals surface area contributed by atoms with Crippen LogP contribution in [-0.2, 0) is 9.59 Å². The highest BCUT2D eigenvalue weighted by atomic mass is 16.2. The van der Waals surface area contributed by atoms with Crippen molar-refractivity contribution in [2.75, 3.05) is 6.54 Å². The highest BCUT2D eigenvalue weighted by molar-refractivity contribution is 6.34. The number of nitrogens with one attached hydrogen (secondary N) is 2. The Morgan fingerprint density at radius 2 is 1.80 bits per heavy atom. The molecule has 0 atom stereocenters. The molecule has 2 amide bonds. The summed E-state index contributed by atoms with van der Waals surface area (Å²) in [6.45, 7) is 2.70. The smallest absolute Gasteiger partial charge is 0.323 e. The fraction of sp³-hybridized carbons (Fsp3) is 0.800. The molecule has 0 heterocycles. The quantitative estimate of drug-likeness (QED) is 0.262. The van der Waals surface area contributed by atoms with Crippen LogP contribution in [0, 0.1) is 5.41 Å². The molecule has 1 fully saturated rings. The van der Waals surface area contributed by atoms with E-state index >= 15 is 0 Å². The van der Waals surface area contributed by atoms with Crippen LogP contribution in [0.1, 0.15) is 39.0 Å². The Morgan fingerprint density at radius 1 is 1.20 bits per heavy atom. The maximum absolute atomic E-state index is 11.2. The molecule has 5 heteroatoms. The van der Waals surface area contributed by atoms with Gasteiger partial charge in [-0.3, -0.25) is 15.0 Å². The lowest BCUT2D eigenvalue weighted by molar-refractivity contribution is -0.139. The Labute approximate surface area is 89.8 Å². The Balaban J connectivity index is 2.35. The number of hydrazine groups is 1. The number of hydrogen-bond donors (Lipinski definition) is 3. The second kappa shape index (κ2) is 5.11. The summed E-state index contributed by atoms with van der Waals surface area (Å²) in [7, 11) is 0. The van der Waals surface area contributed by atoms with Crippen LogP contribution >= 0.6 is 0 Å². The molecule has 0 radical (unpaired) electrons. The van der Waals surface area contributed by atoms with Gasteiger partial charge < -0.3 is 5.32 Å². The van der Waals surface area contributed by atoms with Crippen molar-refractivity contribution >= 4 is 11.8 Å². The molecule has 0 unspecified atom stereocenters. The van der Waals surface area contributed by atoms with E-state index in [2.05, 4.69) is 12.2 Å². The van der Waals surface area contributed by atoms with Crippen LogP contribution < -0.4 is 16.6 Å². The van der Waals surface area contributed by atoms with Crippen LogP contribution in [0.4, 0.5) is 0 Å². The fourth-order valence-corrected chi connectivity index (χ4v) is 2.02. The van der Waals surface area contributed by atoms with E-state index in [0.29, 0.717) is 6.54 Å². The molecule has 4 N–H and O–H groups in total. The molecular weight excluding hydrogens is 194 g/mol. The second-order valence-corrected chi connectivity index (χ2v) is 4.53. The van der Waals surface area contributed by atoms with Crippen LogP contribution in [0.5, 0.6) is 0 Å². The van der Waals surface area contributed by atoms with Crippen molar-refractivity contribution in [1.29, 1.82) is 0 Å². The van der Waals surface area contributed by atoms with Crippen molar-refractivity contribution in [3.05, 3.63) is 0 Å². The summed E-state index contributed by atoms with van der Waals surface area (Å²) in [5.41, 5.74) is 1.96. The number of amides is 2. The molecule has 1 aliphatic rings. The van der Waals surface area contributed by atoms with Crippen LogP contribution in [0.25, 0.3) is 0 Å². The summed E-state index contributed by atoms with van der Waals surface area (Å²) in [5.74, 6) is 3.42. The van der Waals surface area contributed by atoms with E-state index < -0.39 is 11.8 Å². The van der Waals surface area contributed by atoms with Gasteiger partial charge in [0.2, 0.25) is 0 Å². The van der Waals surface area contributed by atoms with Gasteiger partial charge in [-0.05, 0) is 18.3 Å². The first kappa shape index (κ1) is 12.0. The number of carbonyl (C=O) groups excluding carboxylic acids is 2. The van der Waals surface area contributed by atoms with Crippen molar-refractivity contribution in [1.82, 2.24) is 10.7 Å². The van der Waals surface area contributed by atoms with Crippen molar-refractivity contribution in [3.8, 4) is 0 Å². The van der Waals surface area contributed by atoms with Gasteiger partial charge in [0.1, 0.15) is 0 Å². The molecule has 15 heavy (non-hydrogen) atoms. The van der Waals surface area contributed by atoms with Gasteiger partial charge in [-0.1, -0.05) is 26.2 Å². The van der Waals surface area contributed by atoms with Crippen LogP contribution in [0.2, 0.25) is 0 Å². The molecule has 1 rings (SSSR count). The van der Waals surface area contributed by atoms with E-state index in [0.717, 1.165) is 12.8 Å². The summed E-state index contributed by atoms with van der Waals surface area (Å²) in [6, 6.07) is 0. The summed E-state index contributed by atoms with van der Waals surface area (Å²) < 4.78 is 0. The summed E-state index contributed by atoms with van der Waals surface area (Å²) in [6.07, 6.45) is 5.90. The maximum Gasteiger partial charge on any atom is 0.323 e. The van der Waals surface area contributed by atoms with E-state index in [9.17, 15) is 9.59 Å². The maximum atomic E-state index is 11.2. The van der Waals surface area contributed by atoms with Gasteiger partial charge in [0.05, 0.1) is 0 Å². The molecule has 0 spiro atoms. The van der Waals surface area contributed by atoms with Crippen molar-refractivity contribution in [3.63, 3.8) is 0 Å². The summed E-state index contributed by atoms with van der Waals surface area (Å²) in [5, 5.41) is 2.61. The summed E-state index contributed by atoms with van der Waals surface area (Å²) >= 11 is 0. The zero-order valence-corrected chi connectivity index (χ0v) is 9.14. The molecule has 86 valence electrons. The molecule has 0 aliphatic heterocycles. The normalized spacial score (nSPS) is 19.3. The van der Waals surface area contributed by atoms with Gasteiger partial charge in [-0.25, -0.2) is 5.84 Å². The van der Waals surface area contributed by atoms with Gasteiger partial charge in [-0.2, -0.15) is 0 Å². The van der Waals surface area contributed by atoms with Crippen LogP contribution in [-0.4, -0.2) is 18.4 Å². The molecule has 0 aromatic heterocycles. The molecule has 0 aromatic carbocycles. The van der Waals surface area contributed by atoms with Crippen molar-refractivity contribution in [2.24, 2.45) is 11.3 Å². The second-order valence-electron chi connectivity index (χ2n) is 4.53. The monoisotopic (exact) mass is 213 g/mol. The minimum Gasteiger partial charge on any atom is -0.347 e. The largest absolute Gasteiger partial charge is 0.347 e. The number of carbonyl (C=O) groups is 2. The van der Waals surface area contributed by atoms with E-state index in [1.807, 2.05) is 5.43 Å². The predicted molar refractivity (Wildman–Crippen MR) is 56.5 cm³/mol. The number of nitrogens with two attached hydrogens (primary N) is 1. The van der Waals surface area contributed by atoms with Crippen molar-refractivity contribution in [2.45, 2.75) is 39.0 Å². The first-order chi connectivity index (χ1) is 7.07. The molecule has 1 aliphatic carbocycles. The lowest BCUT2D eigenvalue weighted by Crippen LogP contribution is -2.46. The minimum absolute atomic E-state index is 0.142. The van der Waals surface area contributed by atoms with E-state index in [-0.39, 0.29) is 5.41 Å². The lowest BCUT2D eigenvalue weighted by Gasteiger charge is -2.33. The predicted octanol–water partition coefficient (Wildman–Crippen LogP) is 0.0629. The topological polar surface area (TPSA) is 84.2 Å². The third kappa shape index (κ3) is 3.51. The van der Waals surface area contributed by atoms with Gasteiger partial charge in [0, 0.05) is 6.54 Å². The third-order valence-electron chi connectivity index (χ3n) is 3.07. The zero-order chi connectivity index (χ0) is 11.3. The molecular formula is C10H19N3O2. The van der Waals surface area contributed by atoms with Crippen LogP contribution in [0.15, 0.2) is 0 Å². The highest BCUT2D eigenvalue weighted by Gasteiger charge is 2.27. The first-order valence-electron chi connectivity index (χ1n) is 5.36. The molecule has 1 saturated carbocycles. The Kier molecular flexibility index (Phi) is 4.08. The average Bonchev–Trinajstić information content (AvgIpc) is 2.26. The molecule has 0 saturated heterocycles. The van der Waals surface area contributed by atoms with E-state index in [1.54, 1.807) is 0 Å². The standard InChI is InChI=1S/C10H19N3O2/c1-10(5-3-2-4-6-10)7-12-8(14)9(15)13-11/h2-7,11H2,1H3,(H,12,14)(H,13,15). The lowest BCUT2D eigenvalue weighted by atomic mass is 9.76. The highest BCUT2D eigenvalue weighted by Crippen LogP contribution is 2.34. The van der Waals surface area contributed by atoms with E-state index in [4.69, 9.17) is 5.84 Å². The minimum atomic E-state index is -0.783.